The van der Waals surface area contributed by atoms with Gasteiger partial charge in [0.15, 0.2) is 5.82 Å². The van der Waals surface area contributed by atoms with Crippen LogP contribution in [0, 0.1) is 0 Å². The number of aryl methyl sites for hydroxylation is 1. The fraction of sp³-hybridized carbons (Fsp3) is 0.556. The van der Waals surface area contributed by atoms with Crippen LogP contribution in [0.3, 0.4) is 0 Å². The maximum absolute atomic E-state index is 13.0. The first-order valence-electron chi connectivity index (χ1n) is 12.2. The van der Waals surface area contributed by atoms with Crippen molar-refractivity contribution < 1.29 is 28.6 Å². The summed E-state index contributed by atoms with van der Waals surface area (Å²) in [6.07, 6.45) is 0.565. The normalized spacial score (nSPS) is 12.2. The molecule has 1 heterocycles. The van der Waals surface area contributed by atoms with Gasteiger partial charge in [-0.15, -0.1) is 0 Å². The predicted molar refractivity (Wildman–Crippen MR) is 144 cm³/mol. The number of carbonyl (C=O) groups is 3. The Morgan fingerprint density at radius 1 is 0.917 bits per heavy atom. The van der Waals surface area contributed by atoms with Gasteiger partial charge in [0, 0.05) is 26.1 Å². The van der Waals surface area contributed by atoms with Crippen LogP contribution in [0.4, 0.5) is 15.4 Å². The van der Waals surface area contributed by atoms with Crippen LogP contribution in [-0.4, -0.2) is 49.0 Å². The van der Waals surface area contributed by atoms with Gasteiger partial charge in [0.2, 0.25) is 0 Å². The second-order valence-electron chi connectivity index (χ2n) is 12.0. The van der Waals surface area contributed by atoms with Crippen molar-refractivity contribution in [2.24, 2.45) is 0 Å². The minimum absolute atomic E-state index is 0.119. The summed E-state index contributed by atoms with van der Waals surface area (Å²) in [6.45, 7) is 17.5. The van der Waals surface area contributed by atoms with E-state index in [9.17, 15) is 14.4 Å². The highest BCUT2D eigenvalue weighted by atomic mass is 28.3. The Labute approximate surface area is 215 Å². The first-order valence-corrected chi connectivity index (χ1v) is 16.0. The second kappa shape index (κ2) is 11.4. The monoisotopic (exact) mass is 516 g/mol. The van der Waals surface area contributed by atoms with Gasteiger partial charge < -0.3 is 14.2 Å². The highest BCUT2D eigenvalue weighted by molar-refractivity contribution is 6.76. The van der Waals surface area contributed by atoms with E-state index in [2.05, 4.69) is 24.6 Å². The number of nitrogens with zero attached hydrogens (tertiary/aromatic N) is 2. The van der Waals surface area contributed by atoms with E-state index in [-0.39, 0.29) is 18.2 Å². The van der Waals surface area contributed by atoms with Crippen LogP contribution in [0.5, 0.6) is 0 Å². The molecule has 0 bridgehead atoms. The third-order valence-corrected chi connectivity index (χ3v) is 6.61. The van der Waals surface area contributed by atoms with Crippen molar-refractivity contribution in [1.82, 2.24) is 4.98 Å². The first kappa shape index (κ1) is 29.3. The number of rotatable bonds is 7. The van der Waals surface area contributed by atoms with E-state index in [0.717, 1.165) is 21.9 Å². The molecule has 9 heteroatoms. The van der Waals surface area contributed by atoms with Gasteiger partial charge in [-0.25, -0.2) is 14.6 Å². The molecule has 0 unspecified atom stereocenters. The maximum atomic E-state index is 13.0. The summed E-state index contributed by atoms with van der Waals surface area (Å²) in [5.41, 5.74) is -0.708. The van der Waals surface area contributed by atoms with Crippen molar-refractivity contribution in [1.29, 1.82) is 0 Å². The molecule has 0 aliphatic carbocycles. The van der Waals surface area contributed by atoms with Gasteiger partial charge in [-0.3, -0.25) is 4.79 Å². The Balaban J connectivity index is 2.28. The molecule has 36 heavy (non-hydrogen) atoms. The molecule has 1 aromatic heterocycles. The van der Waals surface area contributed by atoms with Crippen LogP contribution in [0.15, 0.2) is 30.5 Å². The SMILES string of the molecule is CC(C)(C)OC(=O)N(C(=O)OC(C)(C)C)c1nccc2cc(CCC(=O)OCC[Si](C)(C)C)ccc12. The molecule has 0 N–H and O–H groups in total. The minimum Gasteiger partial charge on any atom is -0.466 e. The number of anilines is 1. The highest BCUT2D eigenvalue weighted by Gasteiger charge is 2.34. The zero-order chi connectivity index (χ0) is 27.3. The quantitative estimate of drug-likeness (QED) is 0.229. The van der Waals surface area contributed by atoms with Crippen molar-refractivity contribution >= 4 is 42.8 Å². The van der Waals surface area contributed by atoms with Crippen LogP contribution >= 0.6 is 0 Å². The third kappa shape index (κ3) is 9.60. The summed E-state index contributed by atoms with van der Waals surface area (Å²) >= 11 is 0. The number of amides is 2. The molecule has 0 saturated carbocycles. The topological polar surface area (TPSA) is 95.0 Å². The zero-order valence-corrected chi connectivity index (χ0v) is 24.1. The molecular formula is C27H40N2O6Si. The number of carbonyl (C=O) groups excluding carboxylic acids is 3. The summed E-state index contributed by atoms with van der Waals surface area (Å²) in [5, 5.41) is 1.34. The number of hydrogen-bond acceptors (Lipinski definition) is 7. The van der Waals surface area contributed by atoms with Crippen molar-refractivity contribution in [2.75, 3.05) is 11.5 Å². The lowest BCUT2D eigenvalue weighted by Crippen LogP contribution is -2.44. The molecule has 0 radical (unpaired) electrons. The molecule has 0 spiro atoms. The van der Waals surface area contributed by atoms with E-state index in [1.54, 1.807) is 53.7 Å². The van der Waals surface area contributed by atoms with Crippen molar-refractivity contribution in [2.45, 2.75) is 91.3 Å². The molecule has 1 aromatic carbocycles. The minimum atomic E-state index is -1.25. The predicted octanol–water partition coefficient (Wildman–Crippen LogP) is 6.73. The average Bonchev–Trinajstić information content (AvgIpc) is 2.68. The van der Waals surface area contributed by atoms with E-state index in [1.807, 2.05) is 12.1 Å². The maximum Gasteiger partial charge on any atom is 0.425 e. The number of imide groups is 1. The lowest BCUT2D eigenvalue weighted by atomic mass is 10.0. The van der Waals surface area contributed by atoms with Gasteiger partial charge in [0.25, 0.3) is 0 Å². The van der Waals surface area contributed by atoms with E-state index in [0.29, 0.717) is 18.4 Å². The van der Waals surface area contributed by atoms with Gasteiger partial charge in [-0.05, 0) is 71.0 Å². The Morgan fingerprint density at radius 2 is 1.50 bits per heavy atom. The van der Waals surface area contributed by atoms with Gasteiger partial charge in [-0.1, -0.05) is 37.8 Å². The van der Waals surface area contributed by atoms with Crippen LogP contribution in [-0.2, 0) is 25.4 Å². The Hall–Kier alpha value is -2.94. The number of hydrogen-bond donors (Lipinski definition) is 0. The van der Waals surface area contributed by atoms with Crippen LogP contribution < -0.4 is 4.90 Å². The fourth-order valence-electron chi connectivity index (χ4n) is 3.20. The molecule has 198 valence electrons. The lowest BCUT2D eigenvalue weighted by molar-refractivity contribution is -0.143. The van der Waals surface area contributed by atoms with Gasteiger partial charge in [0.05, 0.1) is 6.61 Å². The van der Waals surface area contributed by atoms with E-state index in [1.165, 1.54) is 6.20 Å². The summed E-state index contributed by atoms with van der Waals surface area (Å²) < 4.78 is 16.3. The number of benzene rings is 1. The average molecular weight is 517 g/mol. The molecule has 2 rings (SSSR count). The van der Waals surface area contributed by atoms with E-state index >= 15 is 0 Å². The molecule has 0 fully saturated rings. The number of fused-ring (bicyclic) bond motifs is 1. The van der Waals surface area contributed by atoms with Crippen molar-refractivity contribution in [3.63, 3.8) is 0 Å². The largest absolute Gasteiger partial charge is 0.466 e. The van der Waals surface area contributed by atoms with Gasteiger partial charge >= 0.3 is 18.2 Å². The summed E-state index contributed by atoms with van der Waals surface area (Å²) in [7, 11) is -1.25. The number of esters is 1. The molecule has 0 aliphatic rings. The molecule has 8 nitrogen and oxygen atoms in total. The molecule has 0 saturated heterocycles. The summed E-state index contributed by atoms with van der Waals surface area (Å²) in [4.78, 5) is 43.4. The fourth-order valence-corrected chi connectivity index (χ4v) is 3.91. The van der Waals surface area contributed by atoms with Crippen LogP contribution in [0.2, 0.25) is 25.7 Å². The number of ether oxygens (including phenoxy) is 3. The summed E-state index contributed by atoms with van der Waals surface area (Å²) in [6, 6.07) is 8.28. The Bertz CT molecular complexity index is 1070. The molecule has 0 aliphatic heterocycles. The highest BCUT2D eigenvalue weighted by Crippen LogP contribution is 2.29. The Kier molecular flexibility index (Phi) is 9.28. The number of pyridine rings is 1. The molecule has 0 atom stereocenters. The van der Waals surface area contributed by atoms with Crippen LogP contribution in [0.1, 0.15) is 53.5 Å². The zero-order valence-electron chi connectivity index (χ0n) is 23.1. The summed E-state index contributed by atoms with van der Waals surface area (Å²) in [5.74, 6) is -0.0990. The standard InChI is InChI=1S/C27H40N2O6Si/c1-26(2,3)34-24(31)29(25(32)35-27(4,5)6)23-21-12-10-19(18-20(21)14-15-28-23)11-13-22(30)33-16-17-36(7,8)9/h10,12,14-15,18H,11,13,16-17H2,1-9H3. The van der Waals surface area contributed by atoms with Gasteiger partial charge in [-0.2, -0.15) is 4.90 Å². The molecule has 2 amide bonds. The third-order valence-electron chi connectivity index (χ3n) is 4.90. The molecule has 2 aromatic rings. The first-order chi connectivity index (χ1) is 16.5. The van der Waals surface area contributed by atoms with Crippen molar-refractivity contribution in [3.8, 4) is 0 Å². The number of aromatic nitrogens is 1. The van der Waals surface area contributed by atoms with Crippen molar-refractivity contribution in [3.05, 3.63) is 36.0 Å². The van der Waals surface area contributed by atoms with E-state index < -0.39 is 31.5 Å². The van der Waals surface area contributed by atoms with Gasteiger partial charge in [0.1, 0.15) is 11.2 Å². The molecular weight excluding hydrogens is 476 g/mol. The van der Waals surface area contributed by atoms with Crippen LogP contribution in [0.25, 0.3) is 10.8 Å². The van der Waals surface area contributed by atoms with E-state index in [4.69, 9.17) is 14.2 Å². The Morgan fingerprint density at radius 3 is 2.03 bits per heavy atom. The smallest absolute Gasteiger partial charge is 0.425 e. The second-order valence-corrected chi connectivity index (χ2v) is 17.6. The lowest BCUT2D eigenvalue weighted by Gasteiger charge is -2.28.